The standard InChI is InChI=1S/C22H15Cl2F7N6O4S/c1-35(19(10-32)5-6-19)18(38)13-7-11(3-4-14(13)23)12-8-33-37(9-12)17-15(20(25,26)27)16(34-36(17)2)41-42(39,40)22(30,31)21(24,28)29/h3-4,7-9H,5-6H2,1-2H3. The van der Waals surface area contributed by atoms with Crippen molar-refractivity contribution in [2.75, 3.05) is 7.05 Å². The summed E-state index contributed by atoms with van der Waals surface area (Å²) in [5.41, 5.74) is -2.73. The van der Waals surface area contributed by atoms with Gasteiger partial charge < -0.3 is 9.08 Å². The number of benzene rings is 1. The van der Waals surface area contributed by atoms with E-state index < -0.39 is 55.6 Å². The Kier molecular flexibility index (Phi) is 7.49. The van der Waals surface area contributed by atoms with E-state index in [1.165, 1.54) is 30.1 Å². The van der Waals surface area contributed by atoms with Gasteiger partial charge >= 0.3 is 26.9 Å². The molecule has 2 aromatic heterocycles. The van der Waals surface area contributed by atoms with Gasteiger partial charge in [-0.3, -0.25) is 4.79 Å². The third-order valence-electron chi connectivity index (χ3n) is 6.31. The molecule has 0 bridgehead atoms. The highest BCUT2D eigenvalue weighted by molar-refractivity contribution is 7.88. The molecule has 4 rings (SSSR count). The fourth-order valence-electron chi connectivity index (χ4n) is 3.83. The lowest BCUT2D eigenvalue weighted by Gasteiger charge is -2.23. The smallest absolute Gasteiger partial charge is 0.355 e. The molecule has 3 aromatic rings. The normalized spacial score (nSPS) is 15.3. The van der Waals surface area contributed by atoms with Gasteiger partial charge in [0.2, 0.25) is 0 Å². The van der Waals surface area contributed by atoms with Crippen LogP contribution in [0.4, 0.5) is 30.7 Å². The zero-order valence-electron chi connectivity index (χ0n) is 20.9. The minimum Gasteiger partial charge on any atom is -0.355 e. The molecule has 10 nitrogen and oxygen atoms in total. The van der Waals surface area contributed by atoms with E-state index >= 15 is 0 Å². The molecule has 20 heteroatoms. The van der Waals surface area contributed by atoms with Gasteiger partial charge in [0.15, 0.2) is 11.4 Å². The van der Waals surface area contributed by atoms with Crippen LogP contribution in [0.15, 0.2) is 30.6 Å². The lowest BCUT2D eigenvalue weighted by atomic mass is 10.0. The molecule has 0 radical (unpaired) electrons. The average Bonchev–Trinajstić information content (AvgIpc) is 3.40. The first kappa shape index (κ1) is 31.4. The predicted octanol–water partition coefficient (Wildman–Crippen LogP) is 5.21. The third-order valence-corrected chi connectivity index (χ3v) is 8.25. The zero-order chi connectivity index (χ0) is 31.6. The Morgan fingerprint density at radius 3 is 2.31 bits per heavy atom. The van der Waals surface area contributed by atoms with Crippen molar-refractivity contribution in [3.63, 3.8) is 0 Å². The second-order valence-corrected chi connectivity index (χ2v) is 11.5. The minimum atomic E-state index is -6.80. The van der Waals surface area contributed by atoms with Crippen LogP contribution in [0.2, 0.25) is 5.02 Å². The van der Waals surface area contributed by atoms with Crippen LogP contribution in [0.25, 0.3) is 16.9 Å². The highest BCUT2D eigenvalue weighted by Gasteiger charge is 2.67. The van der Waals surface area contributed by atoms with E-state index in [-0.39, 0.29) is 21.7 Å². The maximum absolute atomic E-state index is 14.0. The minimum absolute atomic E-state index is 0.0186. The van der Waals surface area contributed by atoms with Gasteiger partial charge in [0.25, 0.3) is 11.8 Å². The zero-order valence-corrected chi connectivity index (χ0v) is 23.3. The number of nitrogens with zero attached hydrogens (tertiary/aromatic N) is 6. The maximum Gasteiger partial charge on any atom is 0.458 e. The fourth-order valence-corrected chi connectivity index (χ4v) is 5.02. The van der Waals surface area contributed by atoms with Crippen molar-refractivity contribution < 1.29 is 48.1 Å². The number of hydrogen-bond donors (Lipinski definition) is 0. The Morgan fingerprint density at radius 2 is 1.79 bits per heavy atom. The molecule has 1 aromatic carbocycles. The number of carbonyl (C=O) groups is 1. The lowest BCUT2D eigenvalue weighted by molar-refractivity contribution is -0.138. The molecular weight excluding hydrogens is 648 g/mol. The Hall–Kier alpha value is -3.56. The van der Waals surface area contributed by atoms with E-state index in [9.17, 15) is 49.2 Å². The van der Waals surface area contributed by atoms with Crippen LogP contribution in [0.5, 0.6) is 5.88 Å². The Bertz CT molecular complexity index is 1720. The van der Waals surface area contributed by atoms with Crippen LogP contribution in [0.1, 0.15) is 28.8 Å². The van der Waals surface area contributed by atoms with Gasteiger partial charge in [0.05, 0.1) is 22.9 Å². The van der Waals surface area contributed by atoms with Crippen molar-refractivity contribution in [1.82, 2.24) is 24.5 Å². The van der Waals surface area contributed by atoms with Crippen molar-refractivity contribution in [3.05, 3.63) is 46.7 Å². The van der Waals surface area contributed by atoms with Crippen LogP contribution in [-0.2, 0) is 23.3 Å². The first-order valence-corrected chi connectivity index (χ1v) is 13.4. The molecule has 1 fully saturated rings. The van der Waals surface area contributed by atoms with Gasteiger partial charge in [-0.1, -0.05) is 17.7 Å². The molecule has 0 unspecified atom stereocenters. The van der Waals surface area contributed by atoms with Crippen molar-refractivity contribution in [2.24, 2.45) is 7.05 Å². The van der Waals surface area contributed by atoms with E-state index in [2.05, 4.69) is 32.1 Å². The van der Waals surface area contributed by atoms with Crippen LogP contribution in [0.3, 0.4) is 0 Å². The van der Waals surface area contributed by atoms with Gasteiger partial charge in [-0.2, -0.15) is 49.5 Å². The quantitative estimate of drug-likeness (QED) is 0.184. The molecule has 42 heavy (non-hydrogen) atoms. The van der Waals surface area contributed by atoms with Crippen molar-refractivity contribution >= 4 is 39.2 Å². The summed E-state index contributed by atoms with van der Waals surface area (Å²) in [5, 5.41) is 4.45. The number of carbonyl (C=O) groups excluding carboxylic acids is 1. The summed E-state index contributed by atoms with van der Waals surface area (Å²) in [6.07, 6.45) is -2.57. The highest BCUT2D eigenvalue weighted by Crippen LogP contribution is 2.46. The Morgan fingerprint density at radius 1 is 1.17 bits per heavy atom. The predicted molar refractivity (Wildman–Crippen MR) is 131 cm³/mol. The number of hydrogen-bond acceptors (Lipinski definition) is 7. The molecule has 0 spiro atoms. The van der Waals surface area contributed by atoms with Crippen LogP contribution < -0.4 is 4.18 Å². The summed E-state index contributed by atoms with van der Waals surface area (Å²) >= 11 is 10.3. The third kappa shape index (κ3) is 5.24. The topological polar surface area (TPSA) is 123 Å². The number of amides is 1. The largest absolute Gasteiger partial charge is 0.458 e. The highest BCUT2D eigenvalue weighted by atomic mass is 35.5. The van der Waals surface area contributed by atoms with Crippen molar-refractivity contribution in [3.8, 4) is 28.9 Å². The molecule has 0 N–H and O–H groups in total. The molecule has 0 aliphatic heterocycles. The summed E-state index contributed by atoms with van der Waals surface area (Å²) in [4.78, 5) is 14.3. The number of aromatic nitrogens is 4. The Labute approximate surface area is 241 Å². The van der Waals surface area contributed by atoms with E-state index in [0.717, 1.165) is 19.4 Å². The van der Waals surface area contributed by atoms with Gasteiger partial charge in [0.1, 0.15) is 5.54 Å². The molecule has 0 atom stereocenters. The second-order valence-electron chi connectivity index (χ2n) is 9.05. The van der Waals surface area contributed by atoms with E-state index in [1.807, 2.05) is 0 Å². The van der Waals surface area contributed by atoms with Crippen molar-refractivity contribution in [2.45, 2.75) is 35.2 Å². The molecule has 1 aliphatic carbocycles. The fraction of sp³-hybridized carbons (Fsp3) is 0.364. The summed E-state index contributed by atoms with van der Waals surface area (Å²) in [6.45, 7) is 0. The SMILES string of the molecule is CN(C(=O)c1cc(-c2cnn(-c3c(C(F)(F)F)c(OS(=O)(=O)C(F)(F)C(F)(F)Cl)nn3C)c2)ccc1Cl)C1(C#N)CC1. The van der Waals surface area contributed by atoms with Gasteiger partial charge in [-0.25, -0.2) is 9.36 Å². The van der Waals surface area contributed by atoms with E-state index in [1.54, 1.807) is 0 Å². The molecular formula is C22H15Cl2F7N6O4S. The van der Waals surface area contributed by atoms with Crippen molar-refractivity contribution in [1.29, 1.82) is 5.26 Å². The van der Waals surface area contributed by atoms with Gasteiger partial charge in [-0.05, 0) is 42.1 Å². The van der Waals surface area contributed by atoms with Gasteiger partial charge in [0, 0.05) is 25.9 Å². The number of rotatable bonds is 8. The van der Waals surface area contributed by atoms with Crippen LogP contribution >= 0.6 is 23.2 Å². The summed E-state index contributed by atoms with van der Waals surface area (Å²) in [6, 6.07) is 6.10. The Balaban J connectivity index is 1.75. The number of aryl methyl sites for hydroxylation is 1. The monoisotopic (exact) mass is 662 g/mol. The van der Waals surface area contributed by atoms with E-state index in [0.29, 0.717) is 22.2 Å². The molecule has 226 valence electrons. The average molecular weight is 663 g/mol. The molecule has 2 heterocycles. The van der Waals surface area contributed by atoms with Gasteiger partial charge in [-0.15, -0.1) is 5.10 Å². The first-order valence-electron chi connectivity index (χ1n) is 11.2. The van der Waals surface area contributed by atoms with Crippen LogP contribution in [0, 0.1) is 11.3 Å². The molecule has 1 saturated carbocycles. The maximum atomic E-state index is 14.0. The summed E-state index contributed by atoms with van der Waals surface area (Å²) in [7, 11) is -4.53. The first-order chi connectivity index (χ1) is 19.2. The van der Waals surface area contributed by atoms with E-state index in [4.69, 9.17) is 11.6 Å². The number of alkyl halides is 8. The number of halogens is 9. The summed E-state index contributed by atoms with van der Waals surface area (Å²) in [5.74, 6) is -3.64. The molecule has 1 amide bonds. The summed E-state index contributed by atoms with van der Waals surface area (Å²) < 4.78 is 124. The van der Waals surface area contributed by atoms with Crippen LogP contribution in [-0.4, -0.2) is 62.0 Å². The second kappa shape index (κ2) is 10.0. The molecule has 0 saturated heterocycles. The molecule has 1 aliphatic rings. The lowest BCUT2D eigenvalue weighted by Crippen LogP contribution is -2.45. The number of nitriles is 1.